The molecule has 0 saturated carbocycles. The number of para-hydroxylation sites is 1. The summed E-state index contributed by atoms with van der Waals surface area (Å²) in [5.74, 6) is 0.288. The van der Waals surface area contributed by atoms with Gasteiger partial charge < -0.3 is 15.0 Å². The highest BCUT2D eigenvalue weighted by Crippen LogP contribution is 2.31. The molecule has 3 aromatic carbocycles. The van der Waals surface area contributed by atoms with Crippen LogP contribution < -0.4 is 10.1 Å². The number of amides is 2. The van der Waals surface area contributed by atoms with E-state index in [0.717, 1.165) is 22.3 Å². The fraction of sp³-hybridized carbons (Fsp3) is 0.355. The van der Waals surface area contributed by atoms with Crippen LogP contribution in [0.25, 0.3) is 0 Å². The van der Waals surface area contributed by atoms with Gasteiger partial charge in [0.25, 0.3) is 5.91 Å². The van der Waals surface area contributed by atoms with E-state index in [1.54, 1.807) is 4.90 Å². The maximum atomic E-state index is 13.7. The van der Waals surface area contributed by atoms with Crippen molar-refractivity contribution in [2.45, 2.75) is 59.0 Å². The molecule has 0 fully saturated rings. The standard InChI is InChI=1S/C31H38N2O3/c1-6-32-30(35)27(20-24-14-8-7-9-15-24)33(21-25-16-12-13-23(2)19-25)29(34)22-36-28-18-11-10-17-26(28)31(3,4)5/h7-19,27H,6,20-22H2,1-5H3,(H,32,35). The van der Waals surface area contributed by atoms with E-state index >= 15 is 0 Å². The van der Waals surface area contributed by atoms with Crippen LogP contribution in [-0.2, 0) is 28.0 Å². The zero-order valence-corrected chi connectivity index (χ0v) is 22.1. The van der Waals surface area contributed by atoms with Crippen LogP contribution in [-0.4, -0.2) is 35.9 Å². The molecule has 0 spiro atoms. The average molecular weight is 487 g/mol. The number of hydrogen-bond acceptors (Lipinski definition) is 3. The number of aryl methyl sites for hydroxylation is 1. The van der Waals surface area contributed by atoms with Crippen LogP contribution in [0, 0.1) is 6.92 Å². The fourth-order valence-electron chi connectivity index (χ4n) is 4.29. The molecule has 190 valence electrons. The van der Waals surface area contributed by atoms with E-state index in [4.69, 9.17) is 4.74 Å². The Kier molecular flexibility index (Phi) is 9.29. The molecule has 0 aliphatic carbocycles. The van der Waals surface area contributed by atoms with E-state index < -0.39 is 6.04 Å². The number of nitrogens with zero attached hydrogens (tertiary/aromatic N) is 1. The molecule has 3 rings (SSSR count). The van der Waals surface area contributed by atoms with Crippen molar-refractivity contribution in [3.05, 3.63) is 101 Å². The Labute approximate surface area is 215 Å². The van der Waals surface area contributed by atoms with E-state index in [2.05, 4.69) is 26.1 Å². The molecule has 5 nitrogen and oxygen atoms in total. The molecule has 0 aliphatic rings. The van der Waals surface area contributed by atoms with Gasteiger partial charge in [-0.3, -0.25) is 9.59 Å². The van der Waals surface area contributed by atoms with Gasteiger partial charge in [0, 0.05) is 19.5 Å². The number of ether oxygens (including phenoxy) is 1. The number of carbonyl (C=O) groups excluding carboxylic acids is 2. The molecule has 1 atom stereocenters. The zero-order valence-electron chi connectivity index (χ0n) is 22.1. The molecular weight excluding hydrogens is 448 g/mol. The Balaban J connectivity index is 1.92. The van der Waals surface area contributed by atoms with Gasteiger partial charge in [0.2, 0.25) is 5.91 Å². The Morgan fingerprint density at radius 2 is 1.58 bits per heavy atom. The van der Waals surface area contributed by atoms with Crippen LogP contribution in [0.15, 0.2) is 78.9 Å². The van der Waals surface area contributed by atoms with Crippen molar-refractivity contribution in [3.63, 3.8) is 0 Å². The van der Waals surface area contributed by atoms with Gasteiger partial charge in [0.1, 0.15) is 11.8 Å². The third-order valence-electron chi connectivity index (χ3n) is 6.10. The summed E-state index contributed by atoms with van der Waals surface area (Å²) in [6, 6.07) is 25.0. The van der Waals surface area contributed by atoms with Gasteiger partial charge >= 0.3 is 0 Å². The highest BCUT2D eigenvalue weighted by molar-refractivity contribution is 5.88. The molecule has 2 amide bonds. The highest BCUT2D eigenvalue weighted by Gasteiger charge is 2.31. The van der Waals surface area contributed by atoms with Crippen molar-refractivity contribution < 1.29 is 14.3 Å². The molecule has 36 heavy (non-hydrogen) atoms. The largest absolute Gasteiger partial charge is 0.483 e. The van der Waals surface area contributed by atoms with Crippen molar-refractivity contribution >= 4 is 11.8 Å². The zero-order chi connectivity index (χ0) is 26.1. The molecule has 0 saturated heterocycles. The summed E-state index contributed by atoms with van der Waals surface area (Å²) in [5, 5.41) is 2.93. The predicted octanol–water partition coefficient (Wildman–Crippen LogP) is 5.45. The Morgan fingerprint density at radius 1 is 0.917 bits per heavy atom. The van der Waals surface area contributed by atoms with E-state index in [1.165, 1.54) is 0 Å². The monoisotopic (exact) mass is 486 g/mol. The topological polar surface area (TPSA) is 58.6 Å². The normalized spacial score (nSPS) is 12.0. The van der Waals surface area contributed by atoms with Gasteiger partial charge in [-0.1, -0.05) is 99.1 Å². The van der Waals surface area contributed by atoms with E-state index in [0.29, 0.717) is 25.3 Å². The summed E-state index contributed by atoms with van der Waals surface area (Å²) in [4.78, 5) is 28.7. The van der Waals surface area contributed by atoms with Crippen molar-refractivity contribution in [1.29, 1.82) is 0 Å². The first-order valence-electron chi connectivity index (χ1n) is 12.6. The van der Waals surface area contributed by atoms with Gasteiger partial charge in [-0.2, -0.15) is 0 Å². The van der Waals surface area contributed by atoms with Crippen LogP contribution in [0.1, 0.15) is 49.9 Å². The van der Waals surface area contributed by atoms with Crippen LogP contribution in [0.2, 0.25) is 0 Å². The van der Waals surface area contributed by atoms with Gasteiger partial charge in [-0.25, -0.2) is 0 Å². The lowest BCUT2D eigenvalue weighted by molar-refractivity contribution is -0.142. The molecule has 5 heteroatoms. The van der Waals surface area contributed by atoms with Crippen LogP contribution >= 0.6 is 0 Å². The van der Waals surface area contributed by atoms with Crippen LogP contribution in [0.3, 0.4) is 0 Å². The number of rotatable bonds is 10. The van der Waals surface area contributed by atoms with Gasteiger partial charge in [0.15, 0.2) is 6.61 Å². The van der Waals surface area contributed by atoms with Gasteiger partial charge in [0.05, 0.1) is 0 Å². The first-order valence-corrected chi connectivity index (χ1v) is 12.6. The van der Waals surface area contributed by atoms with Crippen molar-refractivity contribution in [2.75, 3.05) is 13.2 Å². The molecule has 0 bridgehead atoms. The highest BCUT2D eigenvalue weighted by atomic mass is 16.5. The summed E-state index contributed by atoms with van der Waals surface area (Å²) >= 11 is 0. The predicted molar refractivity (Wildman–Crippen MR) is 145 cm³/mol. The van der Waals surface area contributed by atoms with Crippen molar-refractivity contribution in [2.24, 2.45) is 0 Å². The minimum absolute atomic E-state index is 0.127. The molecular formula is C31H38N2O3. The lowest BCUT2D eigenvalue weighted by Gasteiger charge is -2.32. The summed E-state index contributed by atoms with van der Waals surface area (Å²) < 4.78 is 6.09. The van der Waals surface area contributed by atoms with E-state index in [-0.39, 0.29) is 23.8 Å². The molecule has 1 N–H and O–H groups in total. The third kappa shape index (κ3) is 7.45. The minimum atomic E-state index is -0.665. The molecule has 3 aromatic rings. The maximum Gasteiger partial charge on any atom is 0.261 e. The summed E-state index contributed by atoms with van der Waals surface area (Å²) in [6.07, 6.45) is 0.419. The van der Waals surface area contributed by atoms with Gasteiger partial charge in [-0.15, -0.1) is 0 Å². The van der Waals surface area contributed by atoms with Crippen LogP contribution in [0.5, 0.6) is 5.75 Å². The van der Waals surface area contributed by atoms with Gasteiger partial charge in [-0.05, 0) is 42.0 Å². The lowest BCUT2D eigenvalue weighted by atomic mass is 9.86. The Hall–Kier alpha value is -3.60. The first-order chi connectivity index (χ1) is 17.2. The average Bonchev–Trinajstić information content (AvgIpc) is 2.85. The molecule has 0 aliphatic heterocycles. The Morgan fingerprint density at radius 3 is 2.25 bits per heavy atom. The SMILES string of the molecule is CCNC(=O)C(Cc1ccccc1)N(Cc1cccc(C)c1)C(=O)COc1ccccc1C(C)(C)C. The third-order valence-corrected chi connectivity index (χ3v) is 6.10. The maximum absolute atomic E-state index is 13.7. The second-order valence-electron chi connectivity index (χ2n) is 10.1. The summed E-state index contributed by atoms with van der Waals surface area (Å²) in [6.45, 7) is 10.9. The second kappa shape index (κ2) is 12.4. The fourth-order valence-corrected chi connectivity index (χ4v) is 4.29. The molecule has 1 unspecified atom stereocenters. The molecule has 0 heterocycles. The number of likely N-dealkylation sites (N-methyl/N-ethyl adjacent to an activating group) is 1. The number of carbonyl (C=O) groups is 2. The van der Waals surface area contributed by atoms with Crippen molar-refractivity contribution in [3.8, 4) is 5.75 Å². The lowest BCUT2D eigenvalue weighted by Crippen LogP contribution is -2.51. The summed E-state index contributed by atoms with van der Waals surface area (Å²) in [5.41, 5.74) is 3.98. The smallest absolute Gasteiger partial charge is 0.261 e. The van der Waals surface area contributed by atoms with Crippen molar-refractivity contribution in [1.82, 2.24) is 10.2 Å². The minimum Gasteiger partial charge on any atom is -0.483 e. The van der Waals surface area contributed by atoms with E-state index in [1.807, 2.05) is 92.7 Å². The summed E-state index contributed by atoms with van der Waals surface area (Å²) in [7, 11) is 0. The van der Waals surface area contributed by atoms with Crippen LogP contribution in [0.4, 0.5) is 0 Å². The number of nitrogens with one attached hydrogen (secondary N) is 1. The van der Waals surface area contributed by atoms with E-state index in [9.17, 15) is 9.59 Å². The molecule has 0 radical (unpaired) electrons. The first kappa shape index (κ1) is 27.0. The Bertz CT molecular complexity index is 1150. The second-order valence-corrected chi connectivity index (χ2v) is 10.1. The molecule has 0 aromatic heterocycles. The number of hydrogen-bond donors (Lipinski definition) is 1. The number of benzene rings is 3. The quantitative estimate of drug-likeness (QED) is 0.415.